The first-order valence-corrected chi connectivity index (χ1v) is 6.50. The second-order valence-electron chi connectivity index (χ2n) is 4.06. The highest BCUT2D eigenvalue weighted by Gasteiger charge is 2.71. The Labute approximate surface area is 127 Å². The first-order chi connectivity index (χ1) is 8.81. The van der Waals surface area contributed by atoms with Crippen molar-refractivity contribution in [1.29, 1.82) is 0 Å². The average Bonchev–Trinajstić information content (AvgIpc) is 2.50. The Kier molecular flexibility index (Phi) is 4.98. The van der Waals surface area contributed by atoms with Crippen molar-refractivity contribution in [2.24, 2.45) is 0 Å². The molecule has 0 bridgehead atoms. The normalized spacial score (nSPS) is 33.2. The molecule has 0 fully saturated rings. The molecule has 0 aromatic heterocycles. The van der Waals surface area contributed by atoms with Crippen LogP contribution in [0.15, 0.2) is 41.1 Å². The van der Waals surface area contributed by atoms with Crippen LogP contribution in [-0.2, 0) is 9.47 Å². The highest BCUT2D eigenvalue weighted by Crippen LogP contribution is 2.60. The average molecular weight is 326 g/mol. The summed E-state index contributed by atoms with van der Waals surface area (Å²) in [6.45, 7) is 7.04. The number of halogens is 3. The van der Waals surface area contributed by atoms with Crippen LogP contribution in [0, 0.1) is 0 Å². The molecule has 0 heterocycles. The fraction of sp³-hybridized carbons (Fsp3) is 0.462. The van der Waals surface area contributed by atoms with Gasteiger partial charge in [-0.2, -0.15) is 0 Å². The lowest BCUT2D eigenvalue weighted by atomic mass is 9.83. The largest absolute Gasteiger partial charge is 0.377 e. The van der Waals surface area contributed by atoms with Gasteiger partial charge in [0.1, 0.15) is 4.87 Å². The Balaban J connectivity index is 3.68. The van der Waals surface area contributed by atoms with Gasteiger partial charge in [0.05, 0.1) is 10.1 Å². The van der Waals surface area contributed by atoms with Crippen LogP contribution in [0.1, 0.15) is 6.42 Å². The molecule has 0 saturated heterocycles. The molecule has 0 unspecified atom stereocenters. The molecule has 19 heavy (non-hydrogen) atoms. The van der Waals surface area contributed by atoms with E-state index in [1.165, 1.54) is 26.4 Å². The minimum Gasteiger partial charge on any atom is -0.377 e. The molecule has 0 aromatic rings. The van der Waals surface area contributed by atoms with Crippen LogP contribution in [-0.4, -0.2) is 35.6 Å². The first-order valence-electron chi connectivity index (χ1n) is 5.37. The van der Waals surface area contributed by atoms with Gasteiger partial charge in [0.2, 0.25) is 5.79 Å². The van der Waals surface area contributed by atoms with Gasteiger partial charge in [-0.3, -0.25) is 0 Å². The lowest BCUT2D eigenvalue weighted by Crippen LogP contribution is -2.60. The highest BCUT2D eigenvalue weighted by atomic mass is 35.5. The predicted molar refractivity (Wildman–Crippen MR) is 77.5 cm³/mol. The number of hydrogen-bond donors (Lipinski definition) is 1. The van der Waals surface area contributed by atoms with E-state index in [0.29, 0.717) is 0 Å². The molecule has 1 aliphatic carbocycles. The quantitative estimate of drug-likeness (QED) is 0.365. The molecule has 0 radical (unpaired) electrons. The second kappa shape index (κ2) is 5.63. The van der Waals surface area contributed by atoms with E-state index in [4.69, 9.17) is 44.3 Å². The smallest absolute Gasteiger partial charge is 0.230 e. The maximum Gasteiger partial charge on any atom is 0.230 e. The van der Waals surface area contributed by atoms with Gasteiger partial charge in [0.15, 0.2) is 5.60 Å². The number of alkyl halides is 1. The zero-order chi connectivity index (χ0) is 14.9. The maximum atomic E-state index is 10.8. The van der Waals surface area contributed by atoms with Gasteiger partial charge < -0.3 is 14.6 Å². The molecule has 0 spiro atoms. The van der Waals surface area contributed by atoms with E-state index in [2.05, 4.69) is 18.9 Å². The van der Waals surface area contributed by atoms with Gasteiger partial charge in [-0.1, -0.05) is 35.9 Å². The maximum absolute atomic E-state index is 10.8. The van der Waals surface area contributed by atoms with Crippen LogP contribution in [0.3, 0.4) is 0 Å². The van der Waals surface area contributed by atoms with Gasteiger partial charge in [-0.25, -0.2) is 0 Å². The number of rotatable bonds is 5. The Bertz CT molecular complexity index is 464. The Morgan fingerprint density at radius 3 is 2.21 bits per heavy atom. The zero-order valence-corrected chi connectivity index (χ0v) is 12.9. The van der Waals surface area contributed by atoms with Crippen molar-refractivity contribution >= 4 is 34.8 Å². The van der Waals surface area contributed by atoms with Crippen LogP contribution in [0.5, 0.6) is 0 Å². The van der Waals surface area contributed by atoms with Crippen LogP contribution < -0.4 is 0 Å². The standard InChI is InChI=1S/C13H15Cl3O3/c1-5-7-11(17)9(14)10(15)13(18-3,19-4)12(11,16)8-6-2/h6-7,17H,1-2,8H2,3-4H3/t11-,12+/m0/s1. The Morgan fingerprint density at radius 2 is 1.84 bits per heavy atom. The summed E-state index contributed by atoms with van der Waals surface area (Å²) in [4.78, 5) is -1.52. The molecule has 0 aliphatic heterocycles. The SMILES string of the molecule is C=C=C[C@]1(O)C(Cl)=C(Cl)C(OC)(OC)[C@@]1(Cl)CC=C. The van der Waals surface area contributed by atoms with E-state index in [-0.39, 0.29) is 16.5 Å². The van der Waals surface area contributed by atoms with E-state index in [9.17, 15) is 5.11 Å². The second-order valence-corrected chi connectivity index (χ2v) is 5.46. The molecular formula is C13H15Cl3O3. The minimum atomic E-state index is -1.82. The zero-order valence-electron chi connectivity index (χ0n) is 10.7. The third kappa shape index (κ3) is 1.93. The molecule has 1 rings (SSSR count). The van der Waals surface area contributed by atoms with Crippen molar-refractivity contribution in [1.82, 2.24) is 0 Å². The van der Waals surface area contributed by atoms with Crippen molar-refractivity contribution in [3.05, 3.63) is 41.1 Å². The summed E-state index contributed by atoms with van der Waals surface area (Å²) < 4.78 is 10.7. The summed E-state index contributed by atoms with van der Waals surface area (Å²) in [5.41, 5.74) is 0.644. The molecule has 0 aromatic carbocycles. The summed E-state index contributed by atoms with van der Waals surface area (Å²) >= 11 is 18.9. The number of allylic oxidation sites excluding steroid dienone is 1. The molecule has 1 N–H and O–H groups in total. The van der Waals surface area contributed by atoms with Crippen molar-refractivity contribution < 1.29 is 14.6 Å². The molecule has 1 aliphatic rings. The fourth-order valence-electron chi connectivity index (χ4n) is 2.31. The van der Waals surface area contributed by atoms with E-state index in [1.807, 2.05) is 0 Å². The van der Waals surface area contributed by atoms with E-state index >= 15 is 0 Å². The van der Waals surface area contributed by atoms with Crippen LogP contribution in [0.25, 0.3) is 0 Å². The lowest BCUT2D eigenvalue weighted by molar-refractivity contribution is -0.208. The summed E-state index contributed by atoms with van der Waals surface area (Å²) in [6.07, 6.45) is 2.87. The third-order valence-electron chi connectivity index (χ3n) is 3.25. The summed E-state index contributed by atoms with van der Waals surface area (Å²) in [5.74, 6) is -1.59. The third-order valence-corrected chi connectivity index (χ3v) is 4.96. The first kappa shape index (κ1) is 16.8. The van der Waals surface area contributed by atoms with Gasteiger partial charge in [-0.15, -0.1) is 23.9 Å². The highest BCUT2D eigenvalue weighted by molar-refractivity contribution is 6.44. The molecular weight excluding hydrogens is 310 g/mol. The summed E-state index contributed by atoms with van der Waals surface area (Å²) in [6, 6.07) is 0. The molecule has 106 valence electrons. The molecule has 2 atom stereocenters. The van der Waals surface area contributed by atoms with Crippen molar-refractivity contribution in [2.75, 3.05) is 14.2 Å². The van der Waals surface area contributed by atoms with E-state index < -0.39 is 16.3 Å². The van der Waals surface area contributed by atoms with Crippen LogP contribution >= 0.6 is 34.8 Å². The summed E-state index contributed by atoms with van der Waals surface area (Å²) in [5, 5.41) is 10.7. The van der Waals surface area contributed by atoms with Crippen LogP contribution in [0.4, 0.5) is 0 Å². The van der Waals surface area contributed by atoms with Gasteiger partial charge in [0.25, 0.3) is 0 Å². The molecule has 0 saturated carbocycles. The topological polar surface area (TPSA) is 38.7 Å². The summed E-state index contributed by atoms with van der Waals surface area (Å²) in [7, 11) is 2.72. The van der Waals surface area contributed by atoms with Crippen molar-refractivity contribution in [3.63, 3.8) is 0 Å². The lowest BCUT2D eigenvalue weighted by Gasteiger charge is -2.44. The van der Waals surface area contributed by atoms with E-state index in [0.717, 1.165) is 0 Å². The molecule has 3 nitrogen and oxygen atoms in total. The number of methoxy groups -OCH3 is 2. The molecule has 6 heteroatoms. The fourth-order valence-corrected chi connectivity index (χ4v) is 3.71. The number of ether oxygens (including phenoxy) is 2. The number of hydrogen-bond acceptors (Lipinski definition) is 3. The van der Waals surface area contributed by atoms with Gasteiger partial charge in [0, 0.05) is 14.2 Å². The van der Waals surface area contributed by atoms with Gasteiger partial charge >= 0.3 is 0 Å². The Morgan fingerprint density at radius 1 is 1.32 bits per heavy atom. The Hall–Kier alpha value is -0.250. The number of aliphatic hydroxyl groups is 1. The van der Waals surface area contributed by atoms with Crippen molar-refractivity contribution in [2.45, 2.75) is 22.7 Å². The predicted octanol–water partition coefficient (Wildman–Crippen LogP) is 3.30. The minimum absolute atomic E-state index is 0.0231. The molecule has 0 amide bonds. The van der Waals surface area contributed by atoms with Gasteiger partial charge in [-0.05, 0) is 12.5 Å². The monoisotopic (exact) mass is 324 g/mol. The van der Waals surface area contributed by atoms with Crippen molar-refractivity contribution in [3.8, 4) is 0 Å². The van der Waals surface area contributed by atoms with E-state index in [1.54, 1.807) is 0 Å². The van der Waals surface area contributed by atoms with Crippen LogP contribution in [0.2, 0.25) is 0 Å².